The predicted molar refractivity (Wildman–Crippen MR) is 60.1 cm³/mol. The van der Waals surface area contributed by atoms with Gasteiger partial charge in [0.2, 0.25) is 0 Å². The van der Waals surface area contributed by atoms with E-state index in [2.05, 4.69) is 23.8 Å². The first-order chi connectivity index (χ1) is 6.75. The summed E-state index contributed by atoms with van der Waals surface area (Å²) in [5.41, 5.74) is 2.38. The third-order valence-corrected chi connectivity index (χ3v) is 2.13. The highest BCUT2D eigenvalue weighted by molar-refractivity contribution is 5.23. The van der Waals surface area contributed by atoms with E-state index in [0.717, 1.165) is 18.5 Å². The number of hydrogen-bond donors (Lipinski definition) is 1. The third-order valence-electron chi connectivity index (χ3n) is 2.13. The van der Waals surface area contributed by atoms with E-state index < -0.39 is 0 Å². The first-order valence-corrected chi connectivity index (χ1v) is 5.04. The van der Waals surface area contributed by atoms with Crippen LogP contribution in [-0.4, -0.2) is 11.5 Å². The summed E-state index contributed by atoms with van der Waals surface area (Å²) in [6.45, 7) is 9.23. The number of pyridine rings is 1. The van der Waals surface area contributed by atoms with Gasteiger partial charge >= 0.3 is 0 Å². The van der Waals surface area contributed by atoms with Crippen molar-refractivity contribution in [3.05, 3.63) is 42.2 Å². The maximum Gasteiger partial charge on any atom is 0.0531 e. The molecule has 0 fully saturated rings. The van der Waals surface area contributed by atoms with Gasteiger partial charge in [0.15, 0.2) is 0 Å². The van der Waals surface area contributed by atoms with E-state index in [9.17, 15) is 0 Å². The fourth-order valence-corrected chi connectivity index (χ4v) is 1.42. The lowest BCUT2D eigenvalue weighted by molar-refractivity contribution is 0.590. The van der Waals surface area contributed by atoms with Gasteiger partial charge in [0.25, 0.3) is 0 Å². The normalized spacial score (nSPS) is 12.4. The van der Waals surface area contributed by atoms with Gasteiger partial charge in [-0.25, -0.2) is 0 Å². The molecule has 14 heavy (non-hydrogen) atoms. The first-order valence-electron chi connectivity index (χ1n) is 5.04. The Balaban J connectivity index is 2.73. The first kappa shape index (κ1) is 10.9. The van der Waals surface area contributed by atoms with Crippen molar-refractivity contribution in [3.8, 4) is 0 Å². The predicted octanol–water partition coefficient (Wildman–Crippen LogP) is 2.70. The van der Waals surface area contributed by atoms with Gasteiger partial charge in [0, 0.05) is 12.4 Å². The summed E-state index contributed by atoms with van der Waals surface area (Å²) in [5, 5.41) is 3.46. The van der Waals surface area contributed by atoms with Crippen LogP contribution in [0.15, 0.2) is 36.7 Å². The summed E-state index contributed by atoms with van der Waals surface area (Å²) >= 11 is 0. The topological polar surface area (TPSA) is 24.9 Å². The highest BCUT2D eigenvalue weighted by Crippen LogP contribution is 2.18. The lowest BCUT2D eigenvalue weighted by atomic mass is 10.0. The molecule has 76 valence electrons. The summed E-state index contributed by atoms with van der Waals surface area (Å²) in [5.74, 6) is 0. The Morgan fingerprint density at radius 2 is 2.14 bits per heavy atom. The van der Waals surface area contributed by atoms with Crippen molar-refractivity contribution in [2.24, 2.45) is 0 Å². The van der Waals surface area contributed by atoms with Crippen molar-refractivity contribution in [3.63, 3.8) is 0 Å². The lowest BCUT2D eigenvalue weighted by Crippen LogP contribution is -2.22. The van der Waals surface area contributed by atoms with Crippen LogP contribution in [0.2, 0.25) is 0 Å². The van der Waals surface area contributed by atoms with Crippen LogP contribution in [-0.2, 0) is 0 Å². The average Bonchev–Trinajstić information content (AvgIpc) is 2.19. The second-order valence-electron chi connectivity index (χ2n) is 3.51. The number of aromatic nitrogens is 1. The standard InChI is InChI=1S/C12H18N2/c1-4-7-14-12(10(2)3)11-5-8-13-9-6-11/h5-6,8-9,12,14H,2,4,7H2,1,3H3. The molecule has 2 nitrogen and oxygen atoms in total. The molecule has 0 amide bonds. The van der Waals surface area contributed by atoms with E-state index in [-0.39, 0.29) is 6.04 Å². The van der Waals surface area contributed by atoms with Crippen LogP contribution in [0.3, 0.4) is 0 Å². The van der Waals surface area contributed by atoms with Gasteiger partial charge in [-0.3, -0.25) is 4.98 Å². The van der Waals surface area contributed by atoms with Crippen LogP contribution < -0.4 is 5.32 Å². The zero-order valence-corrected chi connectivity index (χ0v) is 8.96. The second kappa shape index (κ2) is 5.55. The van der Waals surface area contributed by atoms with Crippen molar-refractivity contribution in [1.29, 1.82) is 0 Å². The fourth-order valence-electron chi connectivity index (χ4n) is 1.42. The van der Waals surface area contributed by atoms with Crippen LogP contribution in [0.1, 0.15) is 31.9 Å². The van der Waals surface area contributed by atoms with Crippen molar-refractivity contribution in [2.45, 2.75) is 26.3 Å². The molecule has 0 aliphatic heterocycles. The Morgan fingerprint density at radius 3 is 2.64 bits per heavy atom. The second-order valence-corrected chi connectivity index (χ2v) is 3.51. The lowest BCUT2D eigenvalue weighted by Gasteiger charge is -2.18. The van der Waals surface area contributed by atoms with Gasteiger partial charge in [0.1, 0.15) is 0 Å². The fraction of sp³-hybridized carbons (Fsp3) is 0.417. The molecule has 1 unspecified atom stereocenters. The molecule has 1 rings (SSSR count). The van der Waals surface area contributed by atoms with E-state index in [1.54, 1.807) is 0 Å². The number of rotatable bonds is 5. The summed E-state index contributed by atoms with van der Waals surface area (Å²) in [6.07, 6.45) is 4.77. The molecule has 1 atom stereocenters. The smallest absolute Gasteiger partial charge is 0.0531 e. The largest absolute Gasteiger partial charge is 0.307 e. The van der Waals surface area contributed by atoms with E-state index in [0.29, 0.717) is 0 Å². The van der Waals surface area contributed by atoms with Gasteiger partial charge in [-0.15, -0.1) is 0 Å². The highest BCUT2D eigenvalue weighted by Gasteiger charge is 2.09. The minimum atomic E-state index is 0.262. The van der Waals surface area contributed by atoms with Crippen LogP contribution in [0.25, 0.3) is 0 Å². The molecular formula is C12H18N2. The Morgan fingerprint density at radius 1 is 1.50 bits per heavy atom. The average molecular weight is 190 g/mol. The molecule has 1 aromatic heterocycles. The Bertz CT molecular complexity index is 280. The molecule has 0 radical (unpaired) electrons. The molecule has 2 heteroatoms. The van der Waals surface area contributed by atoms with Crippen LogP contribution >= 0.6 is 0 Å². The van der Waals surface area contributed by atoms with Crippen LogP contribution in [0.5, 0.6) is 0 Å². The monoisotopic (exact) mass is 190 g/mol. The Kier molecular flexibility index (Phi) is 4.33. The highest BCUT2D eigenvalue weighted by atomic mass is 14.9. The molecule has 1 aromatic rings. The van der Waals surface area contributed by atoms with Crippen molar-refractivity contribution < 1.29 is 0 Å². The van der Waals surface area contributed by atoms with Crippen molar-refractivity contribution in [1.82, 2.24) is 10.3 Å². The SMILES string of the molecule is C=C(C)C(NCCC)c1ccncc1. The van der Waals surface area contributed by atoms with Gasteiger partial charge in [0.05, 0.1) is 6.04 Å². The molecule has 1 heterocycles. The van der Waals surface area contributed by atoms with Crippen LogP contribution in [0, 0.1) is 0 Å². The zero-order chi connectivity index (χ0) is 10.4. The molecule has 0 saturated carbocycles. The molecular weight excluding hydrogens is 172 g/mol. The zero-order valence-electron chi connectivity index (χ0n) is 8.96. The van der Waals surface area contributed by atoms with Gasteiger partial charge in [-0.2, -0.15) is 0 Å². The van der Waals surface area contributed by atoms with E-state index in [1.807, 2.05) is 31.5 Å². The molecule has 0 bridgehead atoms. The summed E-state index contributed by atoms with van der Waals surface area (Å²) in [6, 6.07) is 4.32. The van der Waals surface area contributed by atoms with Crippen molar-refractivity contribution in [2.75, 3.05) is 6.54 Å². The molecule has 1 N–H and O–H groups in total. The molecule has 0 spiro atoms. The van der Waals surface area contributed by atoms with Gasteiger partial charge in [-0.1, -0.05) is 19.1 Å². The van der Waals surface area contributed by atoms with E-state index in [1.165, 1.54) is 5.56 Å². The quantitative estimate of drug-likeness (QED) is 0.722. The minimum absolute atomic E-state index is 0.262. The van der Waals surface area contributed by atoms with E-state index >= 15 is 0 Å². The van der Waals surface area contributed by atoms with E-state index in [4.69, 9.17) is 0 Å². The Hall–Kier alpha value is -1.15. The number of nitrogens with one attached hydrogen (secondary N) is 1. The minimum Gasteiger partial charge on any atom is -0.307 e. The maximum absolute atomic E-state index is 4.01. The molecule has 0 aromatic carbocycles. The molecule has 0 aliphatic carbocycles. The summed E-state index contributed by atoms with van der Waals surface area (Å²) in [7, 11) is 0. The van der Waals surface area contributed by atoms with Crippen molar-refractivity contribution >= 4 is 0 Å². The number of nitrogens with zero attached hydrogens (tertiary/aromatic N) is 1. The summed E-state index contributed by atoms with van der Waals surface area (Å²) in [4.78, 5) is 4.01. The van der Waals surface area contributed by atoms with Gasteiger partial charge in [-0.05, 0) is 37.6 Å². The van der Waals surface area contributed by atoms with Crippen LogP contribution in [0.4, 0.5) is 0 Å². The molecule has 0 aliphatic rings. The Labute approximate surface area is 86.1 Å². The number of hydrogen-bond acceptors (Lipinski definition) is 2. The van der Waals surface area contributed by atoms with Gasteiger partial charge < -0.3 is 5.32 Å². The molecule has 0 saturated heterocycles. The maximum atomic E-state index is 4.01. The third kappa shape index (κ3) is 2.96. The summed E-state index contributed by atoms with van der Waals surface area (Å²) < 4.78 is 0.